The molecule has 1 aromatic carbocycles. The molecule has 0 bridgehead atoms. The molecule has 0 saturated heterocycles. The van der Waals surface area contributed by atoms with Gasteiger partial charge in [-0.15, -0.1) is 0 Å². The summed E-state index contributed by atoms with van der Waals surface area (Å²) in [5.41, 5.74) is 7.49. The molecule has 2 atom stereocenters. The molecule has 1 aromatic rings. The number of hydrogen-bond donors (Lipinski definition) is 1. The summed E-state index contributed by atoms with van der Waals surface area (Å²) in [6.07, 6.45) is 6.14. The van der Waals surface area contributed by atoms with Crippen molar-refractivity contribution in [2.24, 2.45) is 5.73 Å². The van der Waals surface area contributed by atoms with Crippen LogP contribution in [0.1, 0.15) is 43.6 Å². The standard InChI is InChI=1S/C14H21NO/c1-16-14-8-4-6-12(10-14)11-5-2-3-7-13(15)9-11/h4,6,8,10-11,13H,2-3,5,7,9,15H2,1H3. The number of benzene rings is 1. The van der Waals surface area contributed by atoms with Crippen LogP contribution >= 0.6 is 0 Å². The van der Waals surface area contributed by atoms with E-state index in [2.05, 4.69) is 18.2 Å². The Kier molecular flexibility index (Phi) is 3.83. The lowest BCUT2D eigenvalue weighted by Gasteiger charge is -2.18. The monoisotopic (exact) mass is 219 g/mol. The average Bonchev–Trinajstić information content (AvgIpc) is 2.54. The highest BCUT2D eigenvalue weighted by Gasteiger charge is 2.19. The molecule has 0 aromatic heterocycles. The second-order valence-electron chi connectivity index (χ2n) is 4.75. The number of methoxy groups -OCH3 is 1. The van der Waals surface area contributed by atoms with Gasteiger partial charge in [-0.3, -0.25) is 0 Å². The SMILES string of the molecule is COc1cccc(C2CCCCC(N)C2)c1. The van der Waals surface area contributed by atoms with Gasteiger partial charge in [0.25, 0.3) is 0 Å². The highest BCUT2D eigenvalue weighted by Crippen LogP contribution is 2.32. The summed E-state index contributed by atoms with van der Waals surface area (Å²) < 4.78 is 5.27. The van der Waals surface area contributed by atoms with Crippen molar-refractivity contribution >= 4 is 0 Å². The summed E-state index contributed by atoms with van der Waals surface area (Å²) in [5, 5.41) is 0. The van der Waals surface area contributed by atoms with Crippen LogP contribution in [0.15, 0.2) is 24.3 Å². The van der Waals surface area contributed by atoms with E-state index in [4.69, 9.17) is 10.5 Å². The molecule has 1 aliphatic rings. The van der Waals surface area contributed by atoms with Crippen LogP contribution in [0.25, 0.3) is 0 Å². The van der Waals surface area contributed by atoms with E-state index in [1.807, 2.05) is 6.07 Å². The van der Waals surface area contributed by atoms with E-state index >= 15 is 0 Å². The van der Waals surface area contributed by atoms with Crippen LogP contribution < -0.4 is 10.5 Å². The molecule has 2 rings (SSSR count). The first-order valence-electron chi connectivity index (χ1n) is 6.19. The molecule has 2 heteroatoms. The van der Waals surface area contributed by atoms with Crippen molar-refractivity contribution in [1.82, 2.24) is 0 Å². The molecule has 1 aliphatic carbocycles. The fourth-order valence-electron chi connectivity index (χ4n) is 2.60. The van der Waals surface area contributed by atoms with Crippen LogP contribution in [0.2, 0.25) is 0 Å². The maximum atomic E-state index is 6.10. The van der Waals surface area contributed by atoms with Gasteiger partial charge in [-0.1, -0.05) is 25.0 Å². The average molecular weight is 219 g/mol. The van der Waals surface area contributed by atoms with E-state index < -0.39 is 0 Å². The Hall–Kier alpha value is -1.02. The molecule has 0 amide bonds. The van der Waals surface area contributed by atoms with Crippen molar-refractivity contribution in [2.45, 2.75) is 44.1 Å². The van der Waals surface area contributed by atoms with Crippen molar-refractivity contribution in [2.75, 3.05) is 7.11 Å². The Balaban J connectivity index is 2.14. The normalized spacial score (nSPS) is 26.1. The van der Waals surface area contributed by atoms with Crippen molar-refractivity contribution in [3.05, 3.63) is 29.8 Å². The van der Waals surface area contributed by atoms with Gasteiger partial charge in [0.2, 0.25) is 0 Å². The van der Waals surface area contributed by atoms with Crippen LogP contribution in [0.5, 0.6) is 5.75 Å². The Bertz CT molecular complexity index is 337. The van der Waals surface area contributed by atoms with E-state index in [1.165, 1.54) is 31.2 Å². The van der Waals surface area contributed by atoms with Gasteiger partial charge in [-0.05, 0) is 42.9 Å². The minimum atomic E-state index is 0.374. The Morgan fingerprint density at radius 2 is 2.06 bits per heavy atom. The van der Waals surface area contributed by atoms with E-state index in [9.17, 15) is 0 Å². The van der Waals surface area contributed by atoms with E-state index in [0.29, 0.717) is 12.0 Å². The van der Waals surface area contributed by atoms with Crippen LogP contribution in [0.4, 0.5) is 0 Å². The van der Waals surface area contributed by atoms with Crippen molar-refractivity contribution in [3.63, 3.8) is 0 Å². The minimum absolute atomic E-state index is 0.374. The van der Waals surface area contributed by atoms with Gasteiger partial charge in [-0.2, -0.15) is 0 Å². The van der Waals surface area contributed by atoms with Gasteiger partial charge in [-0.25, -0.2) is 0 Å². The van der Waals surface area contributed by atoms with Gasteiger partial charge in [0.1, 0.15) is 5.75 Å². The van der Waals surface area contributed by atoms with Gasteiger partial charge in [0.15, 0.2) is 0 Å². The van der Waals surface area contributed by atoms with Crippen molar-refractivity contribution < 1.29 is 4.74 Å². The molecule has 0 radical (unpaired) electrons. The quantitative estimate of drug-likeness (QED) is 0.776. The smallest absolute Gasteiger partial charge is 0.119 e. The highest BCUT2D eigenvalue weighted by atomic mass is 16.5. The summed E-state index contributed by atoms with van der Waals surface area (Å²) in [6, 6.07) is 8.80. The third-order valence-electron chi connectivity index (χ3n) is 3.53. The molecule has 16 heavy (non-hydrogen) atoms. The molecule has 0 aliphatic heterocycles. The first kappa shape index (κ1) is 11.5. The molecule has 1 fully saturated rings. The van der Waals surface area contributed by atoms with Gasteiger partial charge < -0.3 is 10.5 Å². The minimum Gasteiger partial charge on any atom is -0.497 e. The molecular weight excluding hydrogens is 198 g/mol. The molecule has 1 saturated carbocycles. The summed E-state index contributed by atoms with van der Waals surface area (Å²) >= 11 is 0. The third kappa shape index (κ3) is 2.76. The molecule has 2 nitrogen and oxygen atoms in total. The topological polar surface area (TPSA) is 35.2 Å². The number of nitrogens with two attached hydrogens (primary N) is 1. The van der Waals surface area contributed by atoms with E-state index in [-0.39, 0.29) is 0 Å². The molecule has 2 N–H and O–H groups in total. The number of rotatable bonds is 2. The predicted octanol–water partition coefficient (Wildman–Crippen LogP) is 3.07. The van der Waals surface area contributed by atoms with Crippen molar-refractivity contribution in [1.29, 1.82) is 0 Å². The highest BCUT2D eigenvalue weighted by molar-refractivity contribution is 5.31. The lowest BCUT2D eigenvalue weighted by molar-refractivity contribution is 0.413. The third-order valence-corrected chi connectivity index (χ3v) is 3.53. The lowest BCUT2D eigenvalue weighted by atomic mass is 9.90. The Morgan fingerprint density at radius 1 is 1.25 bits per heavy atom. The first-order chi connectivity index (χ1) is 7.79. The lowest BCUT2D eigenvalue weighted by Crippen LogP contribution is -2.20. The number of hydrogen-bond acceptors (Lipinski definition) is 2. The second-order valence-corrected chi connectivity index (χ2v) is 4.75. The maximum Gasteiger partial charge on any atom is 0.119 e. The summed E-state index contributed by atoms with van der Waals surface area (Å²) in [5.74, 6) is 1.57. The Morgan fingerprint density at radius 3 is 2.88 bits per heavy atom. The zero-order valence-corrected chi connectivity index (χ0v) is 9.99. The zero-order valence-electron chi connectivity index (χ0n) is 9.99. The molecule has 2 unspecified atom stereocenters. The summed E-state index contributed by atoms with van der Waals surface area (Å²) in [4.78, 5) is 0. The fraction of sp³-hybridized carbons (Fsp3) is 0.571. The summed E-state index contributed by atoms with van der Waals surface area (Å²) in [7, 11) is 1.72. The van der Waals surface area contributed by atoms with Crippen LogP contribution in [0, 0.1) is 0 Å². The van der Waals surface area contributed by atoms with Crippen LogP contribution in [-0.2, 0) is 0 Å². The Labute approximate surface area is 97.8 Å². The number of ether oxygens (including phenoxy) is 1. The molecular formula is C14H21NO. The van der Waals surface area contributed by atoms with E-state index in [0.717, 1.165) is 12.2 Å². The molecule has 88 valence electrons. The van der Waals surface area contributed by atoms with Crippen LogP contribution in [-0.4, -0.2) is 13.2 Å². The van der Waals surface area contributed by atoms with Gasteiger partial charge in [0.05, 0.1) is 7.11 Å². The molecule has 0 heterocycles. The van der Waals surface area contributed by atoms with Gasteiger partial charge >= 0.3 is 0 Å². The first-order valence-corrected chi connectivity index (χ1v) is 6.19. The predicted molar refractivity (Wildman–Crippen MR) is 66.8 cm³/mol. The van der Waals surface area contributed by atoms with Crippen molar-refractivity contribution in [3.8, 4) is 5.75 Å². The largest absolute Gasteiger partial charge is 0.497 e. The summed E-state index contributed by atoms with van der Waals surface area (Å²) in [6.45, 7) is 0. The van der Waals surface area contributed by atoms with Gasteiger partial charge in [0, 0.05) is 6.04 Å². The molecule has 0 spiro atoms. The second kappa shape index (κ2) is 5.35. The fourth-order valence-corrected chi connectivity index (χ4v) is 2.60. The van der Waals surface area contributed by atoms with Crippen LogP contribution in [0.3, 0.4) is 0 Å². The van der Waals surface area contributed by atoms with E-state index in [1.54, 1.807) is 7.11 Å². The maximum absolute atomic E-state index is 6.10. The zero-order chi connectivity index (χ0) is 11.4.